The molecule has 192 valence electrons. The van der Waals surface area contributed by atoms with Gasteiger partial charge in [-0.3, -0.25) is 33.7 Å². The van der Waals surface area contributed by atoms with E-state index in [1.165, 1.54) is 32.0 Å². The van der Waals surface area contributed by atoms with Crippen LogP contribution in [0.3, 0.4) is 0 Å². The Morgan fingerprint density at radius 1 is 1.08 bits per heavy atom. The lowest BCUT2D eigenvalue weighted by molar-refractivity contribution is -0.181. The van der Waals surface area contributed by atoms with Crippen LogP contribution in [0.5, 0.6) is 5.75 Å². The number of phenolic OH excluding ortho intramolecular Hbond substituents is 1. The van der Waals surface area contributed by atoms with Gasteiger partial charge in [0, 0.05) is 25.7 Å². The van der Waals surface area contributed by atoms with Crippen LogP contribution in [-0.2, 0) is 25.6 Å². The summed E-state index contributed by atoms with van der Waals surface area (Å²) in [7, 11) is 6.48. The maximum absolute atomic E-state index is 13.8. The molecule has 0 aromatic heterocycles. The molecule has 3 aliphatic rings. The molecule has 0 saturated heterocycles. The summed E-state index contributed by atoms with van der Waals surface area (Å²) in [6.07, 6.45) is 0.0943. The van der Waals surface area contributed by atoms with Crippen molar-refractivity contribution in [1.29, 1.82) is 0 Å². The molecule has 0 aliphatic heterocycles. The molecule has 0 heterocycles. The molecule has 1 aromatic carbocycles. The lowest BCUT2D eigenvalue weighted by atomic mass is 9.52. The number of hydrogen-bond acceptors (Lipinski definition) is 10. The van der Waals surface area contributed by atoms with E-state index < -0.39 is 75.9 Å². The smallest absolute Gasteiger partial charge is 0.235 e. The Morgan fingerprint density at radius 2 is 1.69 bits per heavy atom. The monoisotopic (exact) mass is 499 g/mol. The van der Waals surface area contributed by atoms with Gasteiger partial charge in [0.25, 0.3) is 0 Å². The number of amides is 1. The van der Waals surface area contributed by atoms with Gasteiger partial charge in [-0.25, -0.2) is 0 Å². The molecule has 0 radical (unpaired) electrons. The van der Waals surface area contributed by atoms with E-state index in [9.17, 15) is 39.0 Å². The van der Waals surface area contributed by atoms with Crippen LogP contribution >= 0.6 is 0 Å². The van der Waals surface area contributed by atoms with Gasteiger partial charge in [-0.2, -0.15) is 0 Å². The second kappa shape index (κ2) is 8.31. The summed E-state index contributed by atoms with van der Waals surface area (Å²) >= 11 is 0. The SMILES string of the molecule is CC(=O)c1cc(N(C)C)c2c(c1O)C(=O)C1C(=O)[C@@]3(O)C(=O)C(C(N)=O)C(=O)[C@H](N(C)C)[C@H]3C[C@H]1C2. The molecule has 11 heteroatoms. The molecule has 1 amide bonds. The third kappa shape index (κ3) is 3.26. The Bertz CT molecular complexity index is 1250. The fourth-order valence-corrected chi connectivity index (χ4v) is 6.32. The van der Waals surface area contributed by atoms with Crippen LogP contribution in [0.1, 0.15) is 39.6 Å². The number of carbonyl (C=O) groups excluding carboxylic acids is 6. The fourth-order valence-electron chi connectivity index (χ4n) is 6.32. The van der Waals surface area contributed by atoms with Crippen LogP contribution < -0.4 is 10.6 Å². The molecular formula is C25H29N3O8. The quantitative estimate of drug-likeness (QED) is 0.349. The minimum Gasteiger partial charge on any atom is -0.506 e. The summed E-state index contributed by atoms with van der Waals surface area (Å²) in [4.78, 5) is 81.3. The van der Waals surface area contributed by atoms with Crippen LogP contribution in [0.15, 0.2) is 6.07 Å². The number of aliphatic hydroxyl groups is 1. The molecule has 6 atom stereocenters. The van der Waals surface area contributed by atoms with E-state index in [2.05, 4.69) is 0 Å². The van der Waals surface area contributed by atoms with Crippen LogP contribution in [0.4, 0.5) is 5.69 Å². The maximum atomic E-state index is 13.8. The van der Waals surface area contributed by atoms with Crippen molar-refractivity contribution < 1.29 is 39.0 Å². The topological polar surface area (TPSA) is 175 Å². The first-order valence-corrected chi connectivity index (χ1v) is 11.6. The predicted molar refractivity (Wildman–Crippen MR) is 126 cm³/mol. The Hall–Kier alpha value is -3.44. The summed E-state index contributed by atoms with van der Waals surface area (Å²) in [5.74, 6) is -11.8. The highest BCUT2D eigenvalue weighted by molar-refractivity contribution is 6.32. The van der Waals surface area contributed by atoms with E-state index in [1.807, 2.05) is 0 Å². The molecule has 2 unspecified atom stereocenters. The van der Waals surface area contributed by atoms with E-state index in [-0.39, 0.29) is 24.0 Å². The number of aromatic hydroxyl groups is 1. The third-order valence-corrected chi connectivity index (χ3v) is 7.90. The van der Waals surface area contributed by atoms with Crippen molar-refractivity contribution >= 4 is 40.5 Å². The number of carbonyl (C=O) groups is 6. The van der Waals surface area contributed by atoms with Gasteiger partial charge in [-0.15, -0.1) is 0 Å². The first-order chi connectivity index (χ1) is 16.7. The molecule has 3 aliphatic carbocycles. The van der Waals surface area contributed by atoms with Crippen molar-refractivity contribution in [3.05, 3.63) is 22.8 Å². The highest BCUT2D eigenvalue weighted by Gasteiger charge is 2.69. The molecule has 11 nitrogen and oxygen atoms in total. The van der Waals surface area contributed by atoms with Gasteiger partial charge < -0.3 is 20.8 Å². The number of benzene rings is 1. The Kier molecular flexibility index (Phi) is 5.92. The molecule has 0 bridgehead atoms. The molecule has 2 fully saturated rings. The highest BCUT2D eigenvalue weighted by Crippen LogP contribution is 2.52. The fraction of sp³-hybridized carbons (Fsp3) is 0.520. The first kappa shape index (κ1) is 25.6. The minimum atomic E-state index is -2.78. The number of nitrogens with two attached hydrogens (primary N) is 1. The van der Waals surface area contributed by atoms with Gasteiger partial charge in [0.05, 0.1) is 23.1 Å². The number of nitrogens with zero attached hydrogens (tertiary/aromatic N) is 2. The number of hydrogen-bond donors (Lipinski definition) is 3. The number of ketones is 5. The number of anilines is 1. The van der Waals surface area contributed by atoms with Gasteiger partial charge >= 0.3 is 0 Å². The molecule has 4 N–H and O–H groups in total. The first-order valence-electron chi connectivity index (χ1n) is 11.6. The molecule has 2 saturated carbocycles. The number of likely N-dealkylation sites (N-methyl/N-ethyl adjacent to an activating group) is 1. The zero-order valence-corrected chi connectivity index (χ0v) is 20.7. The molecule has 4 rings (SSSR count). The Labute approximate surface area is 207 Å². The number of phenols is 1. The van der Waals surface area contributed by atoms with Crippen molar-refractivity contribution in [3.8, 4) is 5.75 Å². The summed E-state index contributed by atoms with van der Waals surface area (Å²) in [6, 6.07) is 0.326. The van der Waals surface area contributed by atoms with Crippen molar-refractivity contribution in [2.45, 2.75) is 31.4 Å². The van der Waals surface area contributed by atoms with E-state index in [1.54, 1.807) is 19.0 Å². The maximum Gasteiger partial charge on any atom is 0.235 e. The summed E-state index contributed by atoms with van der Waals surface area (Å²) < 4.78 is 0. The second-order valence-electron chi connectivity index (χ2n) is 10.4. The summed E-state index contributed by atoms with van der Waals surface area (Å²) in [5, 5.41) is 22.4. The third-order valence-electron chi connectivity index (χ3n) is 7.90. The van der Waals surface area contributed by atoms with Crippen molar-refractivity contribution in [1.82, 2.24) is 4.90 Å². The van der Waals surface area contributed by atoms with Crippen molar-refractivity contribution in [2.75, 3.05) is 33.1 Å². The number of fused-ring (bicyclic) bond motifs is 3. The van der Waals surface area contributed by atoms with E-state index in [0.717, 1.165) is 0 Å². The van der Waals surface area contributed by atoms with E-state index >= 15 is 0 Å². The average molecular weight is 500 g/mol. The predicted octanol–water partition coefficient (Wildman–Crippen LogP) is -0.864. The normalized spacial score (nSPS) is 31.6. The zero-order chi connectivity index (χ0) is 27.0. The average Bonchev–Trinajstić information content (AvgIpc) is 2.75. The van der Waals surface area contributed by atoms with Crippen LogP contribution in [-0.4, -0.2) is 89.8 Å². The number of Topliss-reactive ketones (excluding diaryl/α,β-unsaturated/α-hetero) is 5. The lowest BCUT2D eigenvalue weighted by Gasteiger charge is -2.52. The van der Waals surface area contributed by atoms with Crippen molar-refractivity contribution in [3.63, 3.8) is 0 Å². The van der Waals surface area contributed by atoms with Gasteiger partial charge in [0.1, 0.15) is 5.75 Å². The van der Waals surface area contributed by atoms with Crippen LogP contribution in [0.2, 0.25) is 0 Å². The number of primary amides is 1. The van der Waals surface area contributed by atoms with Gasteiger partial charge in [-0.1, -0.05) is 0 Å². The van der Waals surface area contributed by atoms with Gasteiger partial charge in [0.2, 0.25) is 5.91 Å². The molecule has 1 aromatic rings. The zero-order valence-electron chi connectivity index (χ0n) is 20.7. The number of rotatable bonds is 4. The highest BCUT2D eigenvalue weighted by atomic mass is 16.3. The second-order valence-corrected chi connectivity index (χ2v) is 10.4. The van der Waals surface area contributed by atoms with E-state index in [4.69, 9.17) is 5.73 Å². The summed E-state index contributed by atoms with van der Waals surface area (Å²) in [6.45, 7) is 1.24. The van der Waals surface area contributed by atoms with E-state index in [0.29, 0.717) is 11.3 Å². The molecule has 0 spiro atoms. The standard InChI is InChI=1S/C25H29N3O8/c1-9(29)11-8-14(27(2)3)12-6-10-7-13-18(28(4)5)21(32)17(24(26)35)23(34)25(13,36)22(33)15(10)20(31)16(12)19(11)30/h8,10,13,15,17-18,30,36H,6-7H2,1-5H3,(H2,26,35)/t10-,13-,15?,17?,18-,25-/m1/s1. The molecular weight excluding hydrogens is 470 g/mol. The Balaban J connectivity index is 1.93. The minimum absolute atomic E-state index is 0.0357. The van der Waals surface area contributed by atoms with Crippen molar-refractivity contribution in [2.24, 2.45) is 29.4 Å². The van der Waals surface area contributed by atoms with Crippen LogP contribution in [0, 0.1) is 23.7 Å². The summed E-state index contributed by atoms with van der Waals surface area (Å²) in [5.41, 5.74) is 3.20. The largest absolute Gasteiger partial charge is 0.506 e. The van der Waals surface area contributed by atoms with Gasteiger partial charge in [0.15, 0.2) is 40.4 Å². The molecule has 36 heavy (non-hydrogen) atoms. The lowest BCUT2D eigenvalue weighted by Crippen LogP contribution is -2.74. The Morgan fingerprint density at radius 3 is 2.19 bits per heavy atom. The van der Waals surface area contributed by atoms with Gasteiger partial charge in [-0.05, 0) is 51.4 Å². The van der Waals surface area contributed by atoms with Crippen LogP contribution in [0.25, 0.3) is 0 Å².